The first-order valence-electron chi connectivity index (χ1n) is 8.56. The van der Waals surface area contributed by atoms with Gasteiger partial charge in [-0.25, -0.2) is 0 Å². The molecule has 0 spiro atoms. The molecule has 0 aromatic heterocycles. The van der Waals surface area contributed by atoms with Crippen molar-refractivity contribution in [2.75, 3.05) is 0 Å². The number of hydrogen-bond acceptors (Lipinski definition) is 2. The number of hydrogen-bond donors (Lipinski definition) is 1. The first kappa shape index (κ1) is 16.3. The van der Waals surface area contributed by atoms with Crippen LogP contribution in [0.25, 0.3) is 0 Å². The highest BCUT2D eigenvalue weighted by atomic mass is 16.2. The third kappa shape index (κ3) is 3.41. The van der Waals surface area contributed by atoms with Crippen molar-refractivity contribution >= 4 is 11.8 Å². The maximum absolute atomic E-state index is 13.0. The van der Waals surface area contributed by atoms with Gasteiger partial charge in [-0.05, 0) is 24.7 Å². The van der Waals surface area contributed by atoms with Crippen molar-refractivity contribution in [3.63, 3.8) is 0 Å². The molecule has 2 amide bonds. The van der Waals surface area contributed by atoms with E-state index in [4.69, 9.17) is 0 Å². The topological polar surface area (TPSA) is 49.4 Å². The molecule has 4 nitrogen and oxygen atoms in total. The second kappa shape index (κ2) is 6.80. The number of nitrogens with zero attached hydrogens (tertiary/aromatic N) is 1. The molecule has 0 aromatic carbocycles. The van der Waals surface area contributed by atoms with E-state index >= 15 is 0 Å². The minimum atomic E-state index is -0.351. The Morgan fingerprint density at radius 1 is 0.952 bits per heavy atom. The molecule has 21 heavy (non-hydrogen) atoms. The molecule has 4 heteroatoms. The monoisotopic (exact) mass is 294 g/mol. The van der Waals surface area contributed by atoms with Crippen LogP contribution in [0.2, 0.25) is 0 Å². The van der Waals surface area contributed by atoms with E-state index in [1.807, 2.05) is 32.6 Å². The van der Waals surface area contributed by atoms with Crippen LogP contribution in [0.4, 0.5) is 0 Å². The van der Waals surface area contributed by atoms with E-state index < -0.39 is 0 Å². The molecular weight excluding hydrogens is 264 g/mol. The van der Waals surface area contributed by atoms with Gasteiger partial charge in [0.05, 0.1) is 0 Å². The molecule has 1 aliphatic heterocycles. The number of nitrogens with one attached hydrogen (secondary N) is 1. The summed E-state index contributed by atoms with van der Waals surface area (Å²) in [6.45, 7) is 8.08. The molecule has 120 valence electrons. The van der Waals surface area contributed by atoms with Gasteiger partial charge in [0, 0.05) is 6.04 Å². The Morgan fingerprint density at radius 2 is 1.52 bits per heavy atom. The molecule has 1 heterocycles. The smallest absolute Gasteiger partial charge is 0.246 e. The summed E-state index contributed by atoms with van der Waals surface area (Å²) in [4.78, 5) is 27.4. The van der Waals surface area contributed by atoms with Crippen molar-refractivity contribution in [1.29, 1.82) is 0 Å². The summed E-state index contributed by atoms with van der Waals surface area (Å²) >= 11 is 0. The first-order valence-corrected chi connectivity index (χ1v) is 8.56. The SMILES string of the molecule is CC(C)C1NC(=O)C(C(C)C)N(C2CCCCCC2)C1=O. The lowest BCUT2D eigenvalue weighted by atomic mass is 9.90. The Hall–Kier alpha value is -1.06. The van der Waals surface area contributed by atoms with Gasteiger partial charge < -0.3 is 10.2 Å². The van der Waals surface area contributed by atoms with Crippen LogP contribution in [0.1, 0.15) is 66.2 Å². The van der Waals surface area contributed by atoms with Gasteiger partial charge in [-0.3, -0.25) is 9.59 Å². The summed E-state index contributed by atoms with van der Waals surface area (Å²) in [7, 11) is 0. The first-order chi connectivity index (χ1) is 9.93. The van der Waals surface area contributed by atoms with E-state index in [9.17, 15) is 9.59 Å². The lowest BCUT2D eigenvalue weighted by Crippen LogP contribution is -2.68. The number of carbonyl (C=O) groups is 2. The van der Waals surface area contributed by atoms with Crippen molar-refractivity contribution in [2.45, 2.75) is 84.3 Å². The van der Waals surface area contributed by atoms with E-state index in [0.717, 1.165) is 12.8 Å². The van der Waals surface area contributed by atoms with Gasteiger partial charge in [0.1, 0.15) is 12.1 Å². The highest BCUT2D eigenvalue weighted by Crippen LogP contribution is 2.29. The molecule has 2 aliphatic rings. The standard InChI is InChI=1S/C17H30N2O2/c1-11(2)14-17(21)19(13-9-7-5-6-8-10-13)15(12(3)4)16(20)18-14/h11-15H,5-10H2,1-4H3,(H,18,20). The van der Waals surface area contributed by atoms with Gasteiger partial charge in [-0.1, -0.05) is 53.4 Å². The number of piperazine rings is 1. The maximum atomic E-state index is 13.0. The van der Waals surface area contributed by atoms with Crippen LogP contribution in [0, 0.1) is 11.8 Å². The number of carbonyl (C=O) groups excluding carboxylic acids is 2. The summed E-state index contributed by atoms with van der Waals surface area (Å²) < 4.78 is 0. The molecular formula is C17H30N2O2. The predicted octanol–water partition coefficient (Wildman–Crippen LogP) is 2.72. The molecule has 2 fully saturated rings. The molecule has 0 aromatic rings. The average molecular weight is 294 g/mol. The summed E-state index contributed by atoms with van der Waals surface area (Å²) in [5.41, 5.74) is 0. The fourth-order valence-corrected chi connectivity index (χ4v) is 3.74. The van der Waals surface area contributed by atoms with Crippen molar-refractivity contribution in [3.8, 4) is 0 Å². The number of rotatable bonds is 3. The Morgan fingerprint density at radius 3 is 2.00 bits per heavy atom. The average Bonchev–Trinajstić information content (AvgIpc) is 2.68. The van der Waals surface area contributed by atoms with Crippen LogP contribution in [-0.4, -0.2) is 34.8 Å². The molecule has 1 saturated heterocycles. The van der Waals surface area contributed by atoms with Crippen LogP contribution in [0.5, 0.6) is 0 Å². The van der Waals surface area contributed by atoms with Crippen LogP contribution >= 0.6 is 0 Å². The van der Waals surface area contributed by atoms with E-state index in [-0.39, 0.29) is 41.8 Å². The third-order valence-corrected chi connectivity index (χ3v) is 4.90. The van der Waals surface area contributed by atoms with Gasteiger partial charge in [0.15, 0.2) is 0 Å². The number of amides is 2. The fraction of sp³-hybridized carbons (Fsp3) is 0.882. The van der Waals surface area contributed by atoms with Crippen molar-refractivity contribution in [1.82, 2.24) is 10.2 Å². The zero-order valence-corrected chi connectivity index (χ0v) is 13.9. The summed E-state index contributed by atoms with van der Waals surface area (Å²) in [6.07, 6.45) is 6.95. The van der Waals surface area contributed by atoms with Gasteiger partial charge in [0.2, 0.25) is 11.8 Å². The van der Waals surface area contributed by atoms with Crippen LogP contribution in [0.15, 0.2) is 0 Å². The van der Waals surface area contributed by atoms with E-state index in [2.05, 4.69) is 5.32 Å². The molecule has 2 unspecified atom stereocenters. The summed E-state index contributed by atoms with van der Waals surface area (Å²) in [6, 6.07) is -0.397. The van der Waals surface area contributed by atoms with Crippen molar-refractivity contribution in [3.05, 3.63) is 0 Å². The van der Waals surface area contributed by atoms with Crippen molar-refractivity contribution in [2.24, 2.45) is 11.8 Å². The lowest BCUT2D eigenvalue weighted by Gasteiger charge is -2.46. The highest BCUT2D eigenvalue weighted by molar-refractivity contribution is 5.97. The van der Waals surface area contributed by atoms with E-state index in [0.29, 0.717) is 0 Å². The Kier molecular flexibility index (Phi) is 5.28. The highest BCUT2D eigenvalue weighted by Gasteiger charge is 2.45. The minimum Gasteiger partial charge on any atom is -0.342 e. The normalized spacial score (nSPS) is 29.0. The largest absolute Gasteiger partial charge is 0.342 e. The summed E-state index contributed by atoms with van der Waals surface area (Å²) in [5, 5.41) is 2.95. The third-order valence-electron chi connectivity index (χ3n) is 4.90. The molecule has 2 rings (SSSR count). The Labute approximate surface area is 128 Å². The van der Waals surface area contributed by atoms with Crippen LogP contribution in [-0.2, 0) is 9.59 Å². The zero-order valence-electron chi connectivity index (χ0n) is 13.9. The molecule has 1 saturated carbocycles. The molecule has 0 bridgehead atoms. The second-order valence-electron chi connectivity index (χ2n) is 7.31. The summed E-state index contributed by atoms with van der Waals surface area (Å²) in [5.74, 6) is 0.468. The Balaban J connectivity index is 2.28. The van der Waals surface area contributed by atoms with Gasteiger partial charge >= 0.3 is 0 Å². The van der Waals surface area contributed by atoms with Gasteiger partial charge in [-0.2, -0.15) is 0 Å². The van der Waals surface area contributed by atoms with E-state index in [1.165, 1.54) is 25.7 Å². The van der Waals surface area contributed by atoms with Crippen LogP contribution < -0.4 is 5.32 Å². The Bertz CT molecular complexity index is 384. The zero-order chi connectivity index (χ0) is 15.6. The molecule has 0 radical (unpaired) electrons. The van der Waals surface area contributed by atoms with Gasteiger partial charge in [-0.15, -0.1) is 0 Å². The minimum absolute atomic E-state index is 0.0348. The predicted molar refractivity (Wildman–Crippen MR) is 83.7 cm³/mol. The van der Waals surface area contributed by atoms with Gasteiger partial charge in [0.25, 0.3) is 0 Å². The fourth-order valence-electron chi connectivity index (χ4n) is 3.74. The molecule has 1 aliphatic carbocycles. The van der Waals surface area contributed by atoms with Crippen LogP contribution in [0.3, 0.4) is 0 Å². The maximum Gasteiger partial charge on any atom is 0.246 e. The quantitative estimate of drug-likeness (QED) is 0.814. The lowest BCUT2D eigenvalue weighted by molar-refractivity contribution is -0.155. The van der Waals surface area contributed by atoms with E-state index in [1.54, 1.807) is 0 Å². The molecule has 2 atom stereocenters. The second-order valence-corrected chi connectivity index (χ2v) is 7.31. The van der Waals surface area contributed by atoms with Crippen molar-refractivity contribution < 1.29 is 9.59 Å². The molecule has 1 N–H and O–H groups in total.